The molecule has 0 atom stereocenters. The summed E-state index contributed by atoms with van der Waals surface area (Å²) >= 11 is 0. The number of hydrogen-bond donors (Lipinski definition) is 2. The number of aromatic nitrogens is 1. The molecule has 3 rings (SSSR count). The zero-order valence-electron chi connectivity index (χ0n) is 17.9. The maximum atomic E-state index is 12.0. The number of benzene rings is 2. The zero-order valence-corrected chi connectivity index (χ0v) is 17.9. The summed E-state index contributed by atoms with van der Waals surface area (Å²) in [6.07, 6.45) is 1.68. The molecule has 1 aromatic heterocycles. The van der Waals surface area contributed by atoms with Crippen LogP contribution in [0.3, 0.4) is 0 Å². The van der Waals surface area contributed by atoms with Gasteiger partial charge >= 0.3 is 6.03 Å². The molecule has 0 saturated heterocycles. The van der Waals surface area contributed by atoms with Crippen LogP contribution in [-0.4, -0.2) is 31.8 Å². The van der Waals surface area contributed by atoms with Gasteiger partial charge in [-0.3, -0.25) is 4.98 Å². The van der Waals surface area contributed by atoms with E-state index < -0.39 is 0 Å². The van der Waals surface area contributed by atoms with E-state index in [-0.39, 0.29) is 11.4 Å². The van der Waals surface area contributed by atoms with Crippen LogP contribution in [0.15, 0.2) is 48.7 Å². The van der Waals surface area contributed by atoms with Crippen LogP contribution in [-0.2, 0) is 0 Å². The van der Waals surface area contributed by atoms with Gasteiger partial charge in [0.25, 0.3) is 0 Å². The standard InChI is InChI=1S/C23H27N3O4/c1-23(2,3)14-25-22(27)26-15-6-8-16(9-7-15)30-19-10-11-24-18-13-21(29-5)20(28-4)12-17(18)19/h6-13H,14H2,1-5H3,(H2,25,26,27). The van der Waals surface area contributed by atoms with Gasteiger partial charge in [-0.15, -0.1) is 0 Å². The minimum Gasteiger partial charge on any atom is -0.493 e. The lowest BCUT2D eigenvalue weighted by molar-refractivity contribution is 0.247. The van der Waals surface area contributed by atoms with E-state index in [4.69, 9.17) is 14.2 Å². The fraction of sp³-hybridized carbons (Fsp3) is 0.304. The number of methoxy groups -OCH3 is 2. The normalized spacial score (nSPS) is 11.1. The Morgan fingerprint density at radius 2 is 1.63 bits per heavy atom. The number of rotatable bonds is 6. The molecule has 2 N–H and O–H groups in total. The number of hydrogen-bond acceptors (Lipinski definition) is 5. The van der Waals surface area contributed by atoms with E-state index in [0.29, 0.717) is 35.2 Å². The fourth-order valence-corrected chi connectivity index (χ4v) is 2.79. The van der Waals surface area contributed by atoms with E-state index in [1.807, 2.05) is 12.1 Å². The van der Waals surface area contributed by atoms with E-state index in [1.165, 1.54) is 0 Å². The molecule has 1 heterocycles. The first kappa shape index (κ1) is 21.2. The first-order valence-corrected chi connectivity index (χ1v) is 9.62. The summed E-state index contributed by atoms with van der Waals surface area (Å²) in [5.74, 6) is 2.49. The number of carbonyl (C=O) groups excluding carboxylic acids is 1. The smallest absolute Gasteiger partial charge is 0.319 e. The molecule has 0 unspecified atom stereocenters. The van der Waals surface area contributed by atoms with Crippen LogP contribution in [0, 0.1) is 5.41 Å². The molecule has 7 nitrogen and oxygen atoms in total. The number of fused-ring (bicyclic) bond motifs is 1. The van der Waals surface area contributed by atoms with Crippen molar-refractivity contribution >= 4 is 22.6 Å². The highest BCUT2D eigenvalue weighted by atomic mass is 16.5. The third-order valence-corrected chi connectivity index (χ3v) is 4.33. The number of anilines is 1. The Kier molecular flexibility index (Phi) is 6.30. The van der Waals surface area contributed by atoms with Crippen molar-refractivity contribution in [1.82, 2.24) is 10.3 Å². The van der Waals surface area contributed by atoms with E-state index in [9.17, 15) is 4.79 Å². The van der Waals surface area contributed by atoms with Gasteiger partial charge in [-0.25, -0.2) is 4.79 Å². The lowest BCUT2D eigenvalue weighted by Gasteiger charge is -2.19. The largest absolute Gasteiger partial charge is 0.493 e. The van der Waals surface area contributed by atoms with Gasteiger partial charge in [0.2, 0.25) is 0 Å². The first-order valence-electron chi connectivity index (χ1n) is 9.62. The average Bonchev–Trinajstić information content (AvgIpc) is 2.72. The Balaban J connectivity index is 1.74. The van der Waals surface area contributed by atoms with E-state index in [2.05, 4.69) is 36.4 Å². The summed E-state index contributed by atoms with van der Waals surface area (Å²) < 4.78 is 16.8. The summed E-state index contributed by atoms with van der Waals surface area (Å²) in [5, 5.41) is 6.48. The Morgan fingerprint density at radius 3 is 2.27 bits per heavy atom. The van der Waals surface area contributed by atoms with Gasteiger partial charge in [0.15, 0.2) is 11.5 Å². The number of nitrogens with one attached hydrogen (secondary N) is 2. The van der Waals surface area contributed by atoms with Gasteiger partial charge in [0.1, 0.15) is 11.5 Å². The van der Waals surface area contributed by atoms with Crippen LogP contribution in [0.25, 0.3) is 10.9 Å². The minimum absolute atomic E-state index is 0.0229. The maximum Gasteiger partial charge on any atom is 0.319 e. The number of nitrogens with zero attached hydrogens (tertiary/aromatic N) is 1. The lowest BCUT2D eigenvalue weighted by atomic mass is 9.97. The van der Waals surface area contributed by atoms with Crippen molar-refractivity contribution in [3.05, 3.63) is 48.7 Å². The number of amides is 2. The molecule has 3 aromatic rings. The molecule has 158 valence electrons. The van der Waals surface area contributed by atoms with Crippen molar-refractivity contribution in [2.24, 2.45) is 5.41 Å². The van der Waals surface area contributed by atoms with Crippen LogP contribution in [0.2, 0.25) is 0 Å². The maximum absolute atomic E-state index is 12.0. The second kappa shape index (κ2) is 8.90. The third-order valence-electron chi connectivity index (χ3n) is 4.33. The zero-order chi connectivity index (χ0) is 21.7. The highest BCUT2D eigenvalue weighted by molar-refractivity contribution is 5.89. The van der Waals surface area contributed by atoms with Crippen molar-refractivity contribution in [2.45, 2.75) is 20.8 Å². The highest BCUT2D eigenvalue weighted by Crippen LogP contribution is 2.36. The average molecular weight is 409 g/mol. The van der Waals surface area contributed by atoms with Crippen LogP contribution in [0.4, 0.5) is 10.5 Å². The van der Waals surface area contributed by atoms with Gasteiger partial charge in [-0.1, -0.05) is 20.8 Å². The number of carbonyl (C=O) groups is 1. The second-order valence-corrected chi connectivity index (χ2v) is 8.03. The summed E-state index contributed by atoms with van der Waals surface area (Å²) in [6.45, 7) is 6.78. The molecule has 0 aliphatic rings. The molecule has 2 aromatic carbocycles. The lowest BCUT2D eigenvalue weighted by Crippen LogP contribution is -2.35. The van der Waals surface area contributed by atoms with Crippen molar-refractivity contribution < 1.29 is 19.0 Å². The van der Waals surface area contributed by atoms with Gasteiger partial charge < -0.3 is 24.8 Å². The topological polar surface area (TPSA) is 81.7 Å². The Morgan fingerprint density at radius 1 is 0.967 bits per heavy atom. The van der Waals surface area contributed by atoms with Crippen molar-refractivity contribution in [3.8, 4) is 23.0 Å². The number of pyridine rings is 1. The predicted molar refractivity (Wildman–Crippen MR) is 118 cm³/mol. The molecule has 2 amide bonds. The molecule has 0 aliphatic carbocycles. The molecule has 30 heavy (non-hydrogen) atoms. The van der Waals surface area contributed by atoms with E-state index in [0.717, 1.165) is 10.9 Å². The van der Waals surface area contributed by atoms with Crippen molar-refractivity contribution in [3.63, 3.8) is 0 Å². The number of urea groups is 1. The van der Waals surface area contributed by atoms with Crippen LogP contribution >= 0.6 is 0 Å². The molecular weight excluding hydrogens is 382 g/mol. The van der Waals surface area contributed by atoms with Gasteiger partial charge in [-0.05, 0) is 41.8 Å². The van der Waals surface area contributed by atoms with E-state index in [1.54, 1.807) is 50.7 Å². The van der Waals surface area contributed by atoms with Gasteiger partial charge in [0, 0.05) is 29.9 Å². The molecule has 0 fully saturated rings. The molecule has 0 saturated carbocycles. The van der Waals surface area contributed by atoms with Crippen LogP contribution < -0.4 is 24.8 Å². The second-order valence-electron chi connectivity index (χ2n) is 8.03. The summed E-state index contributed by atoms with van der Waals surface area (Å²) in [5.41, 5.74) is 1.44. The van der Waals surface area contributed by atoms with Crippen molar-refractivity contribution in [1.29, 1.82) is 0 Å². The van der Waals surface area contributed by atoms with E-state index >= 15 is 0 Å². The number of ether oxygens (including phenoxy) is 3. The minimum atomic E-state index is -0.236. The molecular formula is C23H27N3O4. The third kappa shape index (κ3) is 5.31. The Labute approximate surface area is 176 Å². The summed E-state index contributed by atoms with van der Waals surface area (Å²) in [7, 11) is 3.17. The Hall–Kier alpha value is -3.48. The van der Waals surface area contributed by atoms with Crippen LogP contribution in [0.5, 0.6) is 23.0 Å². The summed E-state index contributed by atoms with van der Waals surface area (Å²) in [6, 6.07) is 12.4. The van der Waals surface area contributed by atoms with Crippen molar-refractivity contribution in [2.75, 3.05) is 26.1 Å². The highest BCUT2D eigenvalue weighted by Gasteiger charge is 2.13. The SMILES string of the molecule is COc1cc2nccc(Oc3ccc(NC(=O)NCC(C)(C)C)cc3)c2cc1OC. The molecule has 0 bridgehead atoms. The van der Waals surface area contributed by atoms with Gasteiger partial charge in [0.05, 0.1) is 19.7 Å². The molecule has 0 aliphatic heterocycles. The Bertz CT molecular complexity index is 1030. The monoisotopic (exact) mass is 409 g/mol. The molecule has 0 radical (unpaired) electrons. The molecule has 7 heteroatoms. The predicted octanol–water partition coefficient (Wildman–Crippen LogP) is 5.21. The summed E-state index contributed by atoms with van der Waals surface area (Å²) in [4.78, 5) is 16.4. The van der Waals surface area contributed by atoms with Gasteiger partial charge in [-0.2, -0.15) is 0 Å². The van der Waals surface area contributed by atoms with Crippen LogP contribution in [0.1, 0.15) is 20.8 Å². The fourth-order valence-electron chi connectivity index (χ4n) is 2.79. The quantitative estimate of drug-likeness (QED) is 0.584. The molecule has 0 spiro atoms. The first-order chi connectivity index (χ1) is 14.3.